The second-order valence-electron chi connectivity index (χ2n) is 6.52. The second kappa shape index (κ2) is 6.97. The fourth-order valence-electron chi connectivity index (χ4n) is 3.47. The van der Waals surface area contributed by atoms with Gasteiger partial charge < -0.3 is 4.74 Å². The van der Waals surface area contributed by atoms with Gasteiger partial charge in [-0.05, 0) is 29.8 Å². The van der Waals surface area contributed by atoms with Gasteiger partial charge in [-0.15, -0.1) is 0 Å². The van der Waals surface area contributed by atoms with Crippen LogP contribution in [0, 0.1) is 5.82 Å². The quantitative estimate of drug-likeness (QED) is 0.792. The highest BCUT2D eigenvalue weighted by Crippen LogP contribution is 2.24. The molecule has 0 spiro atoms. The van der Waals surface area contributed by atoms with Crippen LogP contribution in [0.15, 0.2) is 48.5 Å². The average Bonchev–Trinajstić information content (AvgIpc) is 2.92. The summed E-state index contributed by atoms with van der Waals surface area (Å²) < 4.78 is 18.9. The fraction of sp³-hybridized carbons (Fsp3) is 0.300. The zero-order valence-electron chi connectivity index (χ0n) is 14.2. The van der Waals surface area contributed by atoms with Crippen LogP contribution < -0.4 is 0 Å². The molecule has 134 valence electrons. The molecule has 6 heteroatoms. The van der Waals surface area contributed by atoms with Gasteiger partial charge in [0.25, 0.3) is 11.8 Å². The van der Waals surface area contributed by atoms with Crippen LogP contribution in [-0.4, -0.2) is 54.4 Å². The Kier molecular flexibility index (Phi) is 4.53. The standard InChI is InChI=1S/C20H19FN2O3/c21-15-7-5-14(6-8-15)18-13-22(11-12-26-18)9-10-23-19(24)16-3-1-2-4-17(16)20(23)25/h1-8,18H,9-13H2/t18-/m1/s1. The maximum atomic E-state index is 13.1. The highest BCUT2D eigenvalue weighted by Gasteiger charge is 2.35. The molecule has 0 aromatic heterocycles. The van der Waals surface area contributed by atoms with Crippen LogP contribution >= 0.6 is 0 Å². The Morgan fingerprint density at radius 1 is 0.962 bits per heavy atom. The zero-order chi connectivity index (χ0) is 18.1. The lowest BCUT2D eigenvalue weighted by Crippen LogP contribution is -2.43. The van der Waals surface area contributed by atoms with E-state index in [4.69, 9.17) is 4.74 Å². The van der Waals surface area contributed by atoms with Gasteiger partial charge in [-0.2, -0.15) is 0 Å². The van der Waals surface area contributed by atoms with E-state index in [9.17, 15) is 14.0 Å². The van der Waals surface area contributed by atoms with Crippen molar-refractivity contribution in [3.05, 3.63) is 71.0 Å². The topological polar surface area (TPSA) is 49.9 Å². The summed E-state index contributed by atoms with van der Waals surface area (Å²) in [6.45, 7) is 2.88. The van der Waals surface area contributed by atoms with E-state index in [2.05, 4.69) is 4.90 Å². The van der Waals surface area contributed by atoms with Crippen molar-refractivity contribution in [3.63, 3.8) is 0 Å². The number of carbonyl (C=O) groups is 2. The molecule has 0 bridgehead atoms. The van der Waals surface area contributed by atoms with Crippen molar-refractivity contribution in [2.45, 2.75) is 6.10 Å². The molecule has 0 N–H and O–H groups in total. The van der Waals surface area contributed by atoms with Gasteiger partial charge in [0.05, 0.1) is 23.8 Å². The Morgan fingerprint density at radius 2 is 1.62 bits per heavy atom. The lowest BCUT2D eigenvalue weighted by Gasteiger charge is -2.33. The predicted molar refractivity (Wildman–Crippen MR) is 93.3 cm³/mol. The van der Waals surface area contributed by atoms with Gasteiger partial charge in [-0.3, -0.25) is 19.4 Å². The highest BCUT2D eigenvalue weighted by molar-refractivity contribution is 6.21. The van der Waals surface area contributed by atoms with E-state index in [-0.39, 0.29) is 23.7 Å². The van der Waals surface area contributed by atoms with Crippen molar-refractivity contribution in [2.75, 3.05) is 32.8 Å². The molecular weight excluding hydrogens is 335 g/mol. The Morgan fingerprint density at radius 3 is 2.27 bits per heavy atom. The number of morpholine rings is 1. The number of imide groups is 1. The summed E-state index contributed by atoms with van der Waals surface area (Å²) in [4.78, 5) is 28.3. The van der Waals surface area contributed by atoms with E-state index >= 15 is 0 Å². The first-order chi connectivity index (χ1) is 12.6. The number of carbonyl (C=O) groups excluding carboxylic acids is 2. The summed E-state index contributed by atoms with van der Waals surface area (Å²) in [5.41, 5.74) is 1.88. The Bertz CT molecular complexity index is 802. The first-order valence-corrected chi connectivity index (χ1v) is 8.68. The molecular formula is C20H19FN2O3. The van der Waals surface area contributed by atoms with Crippen molar-refractivity contribution >= 4 is 11.8 Å². The molecule has 1 saturated heterocycles. The van der Waals surface area contributed by atoms with E-state index in [1.165, 1.54) is 17.0 Å². The summed E-state index contributed by atoms with van der Waals surface area (Å²) in [5, 5.41) is 0. The molecule has 0 aliphatic carbocycles. The predicted octanol–water partition coefficient (Wildman–Crippen LogP) is 2.50. The first kappa shape index (κ1) is 16.9. The number of amides is 2. The SMILES string of the molecule is O=C1c2ccccc2C(=O)N1CCN1CCO[C@@H](c2ccc(F)cc2)C1. The average molecular weight is 354 g/mol. The molecule has 2 amide bonds. The molecule has 1 atom stereocenters. The zero-order valence-corrected chi connectivity index (χ0v) is 14.2. The molecule has 2 aromatic rings. The van der Waals surface area contributed by atoms with Crippen LogP contribution in [0.4, 0.5) is 4.39 Å². The normalized spacial score (nSPS) is 20.5. The Labute approximate surface area is 151 Å². The minimum absolute atomic E-state index is 0.133. The third-order valence-corrected chi connectivity index (χ3v) is 4.91. The van der Waals surface area contributed by atoms with Gasteiger partial charge in [0.15, 0.2) is 0 Å². The van der Waals surface area contributed by atoms with E-state index in [1.54, 1.807) is 36.4 Å². The number of rotatable bonds is 4. The monoisotopic (exact) mass is 354 g/mol. The van der Waals surface area contributed by atoms with E-state index in [1.807, 2.05) is 0 Å². The van der Waals surface area contributed by atoms with E-state index < -0.39 is 0 Å². The van der Waals surface area contributed by atoms with Gasteiger partial charge in [0, 0.05) is 26.2 Å². The second-order valence-corrected chi connectivity index (χ2v) is 6.52. The van der Waals surface area contributed by atoms with Crippen molar-refractivity contribution in [3.8, 4) is 0 Å². The summed E-state index contributed by atoms with van der Waals surface area (Å²) in [5.74, 6) is -0.727. The van der Waals surface area contributed by atoms with Crippen LogP contribution in [-0.2, 0) is 4.74 Å². The van der Waals surface area contributed by atoms with Crippen molar-refractivity contribution in [2.24, 2.45) is 0 Å². The number of fused-ring (bicyclic) bond motifs is 1. The summed E-state index contributed by atoms with van der Waals surface area (Å²) in [7, 11) is 0. The molecule has 26 heavy (non-hydrogen) atoms. The molecule has 0 saturated carbocycles. The van der Waals surface area contributed by atoms with Crippen LogP contribution in [0.2, 0.25) is 0 Å². The van der Waals surface area contributed by atoms with Gasteiger partial charge in [-0.1, -0.05) is 24.3 Å². The smallest absolute Gasteiger partial charge is 0.261 e. The molecule has 1 fully saturated rings. The number of ether oxygens (including phenoxy) is 1. The van der Waals surface area contributed by atoms with Crippen LogP contribution in [0.1, 0.15) is 32.4 Å². The molecule has 2 heterocycles. The number of nitrogens with zero attached hydrogens (tertiary/aromatic N) is 2. The molecule has 2 aromatic carbocycles. The lowest BCUT2D eigenvalue weighted by molar-refractivity contribution is -0.0311. The maximum Gasteiger partial charge on any atom is 0.261 e. The lowest BCUT2D eigenvalue weighted by atomic mass is 10.1. The highest BCUT2D eigenvalue weighted by atomic mass is 19.1. The van der Waals surface area contributed by atoms with Crippen LogP contribution in [0.5, 0.6) is 0 Å². The van der Waals surface area contributed by atoms with Crippen LogP contribution in [0.3, 0.4) is 0 Å². The molecule has 5 nitrogen and oxygen atoms in total. The Balaban J connectivity index is 1.38. The summed E-state index contributed by atoms with van der Waals surface area (Å²) >= 11 is 0. The molecule has 2 aliphatic heterocycles. The van der Waals surface area contributed by atoms with Crippen molar-refractivity contribution in [1.29, 1.82) is 0 Å². The minimum atomic E-state index is -0.271. The number of benzene rings is 2. The number of hydrogen-bond acceptors (Lipinski definition) is 4. The van der Waals surface area contributed by atoms with Crippen molar-refractivity contribution < 1.29 is 18.7 Å². The van der Waals surface area contributed by atoms with Crippen molar-refractivity contribution in [1.82, 2.24) is 9.80 Å². The summed E-state index contributed by atoms with van der Waals surface area (Å²) in [6, 6.07) is 13.2. The van der Waals surface area contributed by atoms with E-state index in [0.29, 0.717) is 37.4 Å². The third-order valence-electron chi connectivity index (χ3n) is 4.91. The largest absolute Gasteiger partial charge is 0.371 e. The number of hydrogen-bond donors (Lipinski definition) is 0. The Hall–Kier alpha value is -2.57. The van der Waals surface area contributed by atoms with Gasteiger partial charge in [-0.25, -0.2) is 4.39 Å². The maximum absolute atomic E-state index is 13.1. The van der Waals surface area contributed by atoms with Crippen LogP contribution in [0.25, 0.3) is 0 Å². The molecule has 4 rings (SSSR count). The van der Waals surface area contributed by atoms with Gasteiger partial charge >= 0.3 is 0 Å². The first-order valence-electron chi connectivity index (χ1n) is 8.68. The molecule has 0 unspecified atom stereocenters. The number of halogens is 1. The van der Waals surface area contributed by atoms with E-state index in [0.717, 1.165) is 12.1 Å². The summed E-state index contributed by atoms with van der Waals surface area (Å²) in [6.07, 6.45) is -0.133. The van der Waals surface area contributed by atoms with Gasteiger partial charge in [0.1, 0.15) is 5.82 Å². The molecule has 0 radical (unpaired) electrons. The third kappa shape index (κ3) is 3.13. The molecule has 2 aliphatic rings. The fourth-order valence-corrected chi connectivity index (χ4v) is 3.47. The van der Waals surface area contributed by atoms with Gasteiger partial charge in [0.2, 0.25) is 0 Å². The minimum Gasteiger partial charge on any atom is -0.371 e.